The zero-order valence-corrected chi connectivity index (χ0v) is 15.8. The molecule has 0 spiro atoms. The number of fused-ring (bicyclic) bond motifs is 4. The summed E-state index contributed by atoms with van der Waals surface area (Å²) < 4.78 is 13.2. The predicted octanol–water partition coefficient (Wildman–Crippen LogP) is 2.94. The molecule has 31 heavy (non-hydrogen) atoms. The average molecular weight is 418 g/mol. The largest absolute Gasteiger partial charge is 0.507 e. The summed E-state index contributed by atoms with van der Waals surface area (Å²) in [7, 11) is 0. The Balaban J connectivity index is 1.59. The minimum absolute atomic E-state index is 0.00895. The monoisotopic (exact) mass is 418 g/mol. The number of para-hydroxylation sites is 2. The Bertz CT molecular complexity index is 1490. The third-order valence-corrected chi connectivity index (χ3v) is 4.71. The van der Waals surface area contributed by atoms with Crippen LogP contribution in [0.1, 0.15) is 10.4 Å². The number of benzene rings is 2. The SMILES string of the molecule is O=C(O)CNC(=O)c1c(O)cc(Oc2cccc3c2oc2ccccc23)n2ncnc12. The number of furan rings is 1. The molecule has 0 unspecified atom stereocenters. The molecule has 0 fully saturated rings. The molecule has 0 radical (unpaired) electrons. The van der Waals surface area contributed by atoms with Gasteiger partial charge in [-0.25, -0.2) is 4.98 Å². The number of nitrogens with zero attached hydrogens (tertiary/aromatic N) is 3. The molecule has 10 nitrogen and oxygen atoms in total. The Morgan fingerprint density at radius 3 is 2.77 bits per heavy atom. The number of hydrogen-bond acceptors (Lipinski definition) is 7. The molecule has 5 rings (SSSR count). The first-order chi connectivity index (χ1) is 15.0. The third-order valence-electron chi connectivity index (χ3n) is 4.71. The van der Waals surface area contributed by atoms with E-state index in [4.69, 9.17) is 14.3 Å². The summed E-state index contributed by atoms with van der Waals surface area (Å²) in [5.41, 5.74) is 1.01. The fourth-order valence-corrected chi connectivity index (χ4v) is 3.39. The van der Waals surface area contributed by atoms with E-state index in [2.05, 4.69) is 15.4 Å². The lowest BCUT2D eigenvalue weighted by Crippen LogP contribution is -2.29. The molecule has 5 aromatic rings. The van der Waals surface area contributed by atoms with Crippen LogP contribution < -0.4 is 10.1 Å². The highest BCUT2D eigenvalue weighted by Gasteiger charge is 2.22. The quantitative estimate of drug-likeness (QED) is 0.396. The number of carboxylic acids is 1. The minimum atomic E-state index is -1.22. The summed E-state index contributed by atoms with van der Waals surface area (Å²) in [5, 5.41) is 27.3. The van der Waals surface area contributed by atoms with Crippen molar-refractivity contribution in [3.63, 3.8) is 0 Å². The average Bonchev–Trinajstić information content (AvgIpc) is 3.38. The Hall–Kier alpha value is -4.60. The number of hydrogen-bond donors (Lipinski definition) is 3. The van der Waals surface area contributed by atoms with Crippen molar-refractivity contribution in [3.05, 3.63) is 60.4 Å². The summed E-state index contributed by atoms with van der Waals surface area (Å²) in [5.74, 6) is -1.98. The molecular formula is C21H14N4O6. The molecule has 1 amide bonds. The number of carboxylic acid groups (broad SMARTS) is 1. The number of aliphatic carboxylic acids is 1. The number of nitrogens with one attached hydrogen (secondary N) is 1. The summed E-state index contributed by atoms with van der Waals surface area (Å²) in [6.45, 7) is -0.606. The zero-order valence-electron chi connectivity index (χ0n) is 15.8. The topological polar surface area (TPSA) is 139 Å². The van der Waals surface area contributed by atoms with Crippen LogP contribution in [-0.4, -0.2) is 43.2 Å². The highest BCUT2D eigenvalue weighted by molar-refractivity contribution is 6.07. The van der Waals surface area contributed by atoms with Crippen LogP contribution >= 0.6 is 0 Å². The van der Waals surface area contributed by atoms with Gasteiger partial charge < -0.3 is 24.7 Å². The van der Waals surface area contributed by atoms with E-state index in [1.165, 1.54) is 16.9 Å². The van der Waals surface area contributed by atoms with Crippen LogP contribution in [0.3, 0.4) is 0 Å². The van der Waals surface area contributed by atoms with E-state index in [1.807, 2.05) is 36.4 Å². The first kappa shape index (κ1) is 18.4. The van der Waals surface area contributed by atoms with E-state index in [9.17, 15) is 14.7 Å². The number of rotatable bonds is 5. The molecular weight excluding hydrogens is 404 g/mol. The lowest BCUT2D eigenvalue weighted by molar-refractivity contribution is -0.135. The predicted molar refractivity (Wildman–Crippen MR) is 108 cm³/mol. The molecule has 154 valence electrons. The van der Waals surface area contributed by atoms with E-state index in [0.717, 1.165) is 10.8 Å². The molecule has 0 atom stereocenters. The van der Waals surface area contributed by atoms with Gasteiger partial charge in [-0.1, -0.05) is 30.3 Å². The lowest BCUT2D eigenvalue weighted by Gasteiger charge is -2.11. The van der Waals surface area contributed by atoms with Crippen LogP contribution in [0.2, 0.25) is 0 Å². The van der Waals surface area contributed by atoms with E-state index < -0.39 is 24.2 Å². The highest BCUT2D eigenvalue weighted by Crippen LogP contribution is 2.37. The van der Waals surface area contributed by atoms with Gasteiger partial charge in [-0.3, -0.25) is 9.59 Å². The van der Waals surface area contributed by atoms with Crippen molar-refractivity contribution in [3.8, 4) is 17.4 Å². The second-order valence-corrected chi connectivity index (χ2v) is 6.65. The van der Waals surface area contributed by atoms with Crippen LogP contribution in [0, 0.1) is 0 Å². The van der Waals surface area contributed by atoms with Crippen LogP contribution in [0.25, 0.3) is 27.6 Å². The first-order valence-corrected chi connectivity index (χ1v) is 9.17. The Kier molecular flexibility index (Phi) is 4.18. The molecule has 0 saturated heterocycles. The number of aromatic nitrogens is 3. The van der Waals surface area contributed by atoms with Crippen molar-refractivity contribution in [2.45, 2.75) is 0 Å². The second kappa shape index (κ2) is 7.02. The van der Waals surface area contributed by atoms with E-state index in [0.29, 0.717) is 16.9 Å². The van der Waals surface area contributed by atoms with Crippen LogP contribution in [0.15, 0.2) is 59.3 Å². The maximum absolute atomic E-state index is 12.4. The number of carbonyl (C=O) groups excluding carboxylic acids is 1. The molecule has 3 heterocycles. The van der Waals surface area contributed by atoms with Crippen molar-refractivity contribution >= 4 is 39.5 Å². The van der Waals surface area contributed by atoms with Crippen molar-refractivity contribution in [2.24, 2.45) is 0 Å². The van der Waals surface area contributed by atoms with Gasteiger partial charge in [0.25, 0.3) is 5.91 Å². The molecule has 0 aliphatic heterocycles. The van der Waals surface area contributed by atoms with Crippen molar-refractivity contribution < 1.29 is 29.0 Å². The fraction of sp³-hybridized carbons (Fsp3) is 0.0476. The van der Waals surface area contributed by atoms with Crippen molar-refractivity contribution in [1.29, 1.82) is 0 Å². The summed E-state index contributed by atoms with van der Waals surface area (Å²) in [6.07, 6.45) is 1.19. The van der Waals surface area contributed by atoms with E-state index in [-0.39, 0.29) is 17.1 Å². The smallest absolute Gasteiger partial charge is 0.322 e. The number of pyridine rings is 1. The normalized spacial score (nSPS) is 11.2. The van der Waals surface area contributed by atoms with Crippen LogP contribution in [0.4, 0.5) is 0 Å². The lowest BCUT2D eigenvalue weighted by atomic mass is 10.1. The summed E-state index contributed by atoms with van der Waals surface area (Å²) in [4.78, 5) is 27.1. The van der Waals surface area contributed by atoms with Gasteiger partial charge in [0.05, 0.1) is 0 Å². The summed E-state index contributed by atoms with van der Waals surface area (Å²) >= 11 is 0. The number of carbonyl (C=O) groups is 2. The second-order valence-electron chi connectivity index (χ2n) is 6.65. The molecule has 2 aromatic carbocycles. The van der Waals surface area contributed by atoms with Gasteiger partial charge in [-0.15, -0.1) is 0 Å². The molecule has 10 heteroatoms. The standard InChI is InChI=1S/C21H14N4O6/c26-13-8-16(25-20(23-10-24-25)18(13)21(29)22-9-17(27)28)30-15-7-3-5-12-11-4-1-2-6-14(11)31-19(12)15/h1-8,10,26H,9H2,(H,22,29)(H,27,28). The molecule has 3 N–H and O–H groups in total. The number of aromatic hydroxyl groups is 1. The van der Waals surface area contributed by atoms with E-state index >= 15 is 0 Å². The fourth-order valence-electron chi connectivity index (χ4n) is 3.39. The first-order valence-electron chi connectivity index (χ1n) is 9.17. The summed E-state index contributed by atoms with van der Waals surface area (Å²) in [6, 6.07) is 14.2. The Morgan fingerprint density at radius 2 is 1.94 bits per heavy atom. The molecule has 0 aliphatic carbocycles. The van der Waals surface area contributed by atoms with Gasteiger partial charge in [-0.05, 0) is 12.1 Å². The highest BCUT2D eigenvalue weighted by atomic mass is 16.5. The Labute approximate surface area is 173 Å². The molecule has 0 aliphatic rings. The van der Waals surface area contributed by atoms with Crippen molar-refractivity contribution in [1.82, 2.24) is 19.9 Å². The number of amides is 1. The zero-order chi connectivity index (χ0) is 21.5. The maximum Gasteiger partial charge on any atom is 0.322 e. The molecule has 0 bridgehead atoms. The van der Waals surface area contributed by atoms with Crippen molar-refractivity contribution in [2.75, 3.05) is 6.54 Å². The van der Waals surface area contributed by atoms with E-state index in [1.54, 1.807) is 6.07 Å². The van der Waals surface area contributed by atoms with Gasteiger partial charge in [0, 0.05) is 16.8 Å². The maximum atomic E-state index is 12.4. The van der Waals surface area contributed by atoms with Gasteiger partial charge >= 0.3 is 5.97 Å². The molecule has 0 saturated carbocycles. The van der Waals surface area contributed by atoms with Gasteiger partial charge in [0.2, 0.25) is 5.88 Å². The number of ether oxygens (including phenoxy) is 1. The third kappa shape index (κ3) is 3.06. The Morgan fingerprint density at radius 1 is 1.13 bits per heavy atom. The van der Waals surface area contributed by atoms with Crippen LogP contribution in [0.5, 0.6) is 17.4 Å². The van der Waals surface area contributed by atoms with Crippen LogP contribution in [-0.2, 0) is 4.79 Å². The van der Waals surface area contributed by atoms with Gasteiger partial charge in [0.1, 0.15) is 29.8 Å². The van der Waals surface area contributed by atoms with Gasteiger partial charge in [-0.2, -0.15) is 9.61 Å². The van der Waals surface area contributed by atoms with Gasteiger partial charge in [0.15, 0.2) is 17.0 Å². The molecule has 3 aromatic heterocycles. The minimum Gasteiger partial charge on any atom is -0.507 e.